The van der Waals surface area contributed by atoms with E-state index in [9.17, 15) is 4.79 Å². The molecule has 0 unspecified atom stereocenters. The van der Waals surface area contributed by atoms with Gasteiger partial charge in [-0.15, -0.1) is 5.10 Å². The van der Waals surface area contributed by atoms with Gasteiger partial charge in [0.1, 0.15) is 6.04 Å². The molecule has 37 heavy (non-hydrogen) atoms. The Morgan fingerprint density at radius 3 is 2.54 bits per heavy atom. The van der Waals surface area contributed by atoms with Crippen LogP contribution in [0.15, 0.2) is 59.4 Å². The number of tetrazole rings is 1. The molecule has 1 aliphatic heterocycles. The fourth-order valence-corrected chi connectivity index (χ4v) is 6.09. The number of fused-ring (bicyclic) bond motifs is 1. The Morgan fingerprint density at radius 2 is 1.76 bits per heavy atom. The highest BCUT2D eigenvalue weighted by molar-refractivity contribution is 5.82. The molecule has 1 saturated carbocycles. The normalized spacial score (nSPS) is 18.8. The Kier molecular flexibility index (Phi) is 6.85. The molecule has 8 heteroatoms. The quantitative estimate of drug-likeness (QED) is 0.429. The van der Waals surface area contributed by atoms with Gasteiger partial charge >= 0.3 is 0 Å². The second kappa shape index (κ2) is 10.6. The summed E-state index contributed by atoms with van der Waals surface area (Å²) >= 11 is 0. The maximum absolute atomic E-state index is 13.6. The molecule has 1 atom stereocenters. The number of nitrogens with one attached hydrogen (secondary N) is 1. The van der Waals surface area contributed by atoms with Crippen LogP contribution in [-0.2, 0) is 6.54 Å². The molecule has 0 amide bonds. The molecule has 1 aliphatic carbocycles. The number of H-pyrrole nitrogens is 1. The van der Waals surface area contributed by atoms with E-state index < -0.39 is 0 Å². The number of rotatable bonds is 6. The number of nitrogens with zero attached hydrogens (tertiary/aromatic N) is 6. The van der Waals surface area contributed by atoms with Gasteiger partial charge in [0.05, 0.1) is 11.6 Å². The second-order valence-electron chi connectivity index (χ2n) is 10.6. The smallest absolute Gasteiger partial charge is 0.253 e. The first kappa shape index (κ1) is 24.0. The van der Waals surface area contributed by atoms with Crippen molar-refractivity contribution in [1.29, 1.82) is 0 Å². The number of para-hydroxylation sites is 1. The van der Waals surface area contributed by atoms with Crippen molar-refractivity contribution in [1.82, 2.24) is 35.0 Å². The summed E-state index contributed by atoms with van der Waals surface area (Å²) in [5.74, 6) is 0.793. The van der Waals surface area contributed by atoms with E-state index >= 15 is 0 Å². The Balaban J connectivity index is 1.35. The molecule has 2 aliphatic rings. The average Bonchev–Trinajstić information content (AvgIpc) is 3.41. The average molecular weight is 498 g/mol. The molecule has 4 aromatic rings. The van der Waals surface area contributed by atoms with Crippen molar-refractivity contribution < 1.29 is 0 Å². The summed E-state index contributed by atoms with van der Waals surface area (Å²) in [6.07, 6.45) is 5.83. The number of hydrogen-bond acceptors (Lipinski definition) is 6. The summed E-state index contributed by atoms with van der Waals surface area (Å²) < 4.78 is 2.03. The SMILES string of the molecule is Cc1cccc2cc([C@@H](c3nnnn3C3CCCCC3)N3CCN(Cc4ccccc4)CC3)c(=O)[nH]c12. The molecular weight excluding hydrogens is 462 g/mol. The van der Waals surface area contributed by atoms with E-state index in [0.29, 0.717) is 6.04 Å². The maximum atomic E-state index is 13.6. The fourth-order valence-electron chi connectivity index (χ4n) is 6.09. The number of aromatic nitrogens is 5. The van der Waals surface area contributed by atoms with Crippen LogP contribution in [0.4, 0.5) is 0 Å². The van der Waals surface area contributed by atoms with Crippen LogP contribution in [0.3, 0.4) is 0 Å². The summed E-state index contributed by atoms with van der Waals surface area (Å²) in [5.41, 5.74) is 3.96. The molecule has 6 rings (SSSR count). The van der Waals surface area contributed by atoms with Gasteiger partial charge in [-0.25, -0.2) is 4.68 Å². The van der Waals surface area contributed by atoms with Crippen molar-refractivity contribution in [2.75, 3.05) is 26.2 Å². The van der Waals surface area contributed by atoms with E-state index in [-0.39, 0.29) is 11.6 Å². The van der Waals surface area contributed by atoms with Gasteiger partial charge in [0.25, 0.3) is 5.56 Å². The Bertz CT molecular complexity index is 1400. The molecule has 3 heterocycles. The van der Waals surface area contributed by atoms with E-state index in [0.717, 1.165) is 73.4 Å². The van der Waals surface area contributed by atoms with E-state index in [1.54, 1.807) is 0 Å². The van der Waals surface area contributed by atoms with Crippen molar-refractivity contribution in [2.24, 2.45) is 0 Å². The van der Waals surface area contributed by atoms with Crippen LogP contribution in [0, 0.1) is 6.92 Å². The van der Waals surface area contributed by atoms with Crippen LogP contribution in [0.5, 0.6) is 0 Å². The molecule has 2 aromatic heterocycles. The van der Waals surface area contributed by atoms with Crippen molar-refractivity contribution in [2.45, 2.75) is 57.7 Å². The number of benzene rings is 2. The summed E-state index contributed by atoms with van der Waals surface area (Å²) in [6.45, 7) is 6.53. The number of hydrogen-bond donors (Lipinski definition) is 1. The summed E-state index contributed by atoms with van der Waals surface area (Å²) in [5, 5.41) is 14.2. The van der Waals surface area contributed by atoms with Gasteiger partial charge in [-0.3, -0.25) is 14.6 Å². The van der Waals surface area contributed by atoms with Crippen LogP contribution in [0.25, 0.3) is 10.9 Å². The highest BCUT2D eigenvalue weighted by Gasteiger charge is 2.34. The lowest BCUT2D eigenvalue weighted by molar-refractivity contribution is 0.0982. The molecule has 8 nitrogen and oxygen atoms in total. The van der Waals surface area contributed by atoms with Crippen molar-refractivity contribution in [3.63, 3.8) is 0 Å². The Morgan fingerprint density at radius 1 is 0.973 bits per heavy atom. The van der Waals surface area contributed by atoms with Gasteiger partial charge < -0.3 is 4.98 Å². The molecular formula is C29H35N7O. The van der Waals surface area contributed by atoms with Crippen LogP contribution < -0.4 is 5.56 Å². The van der Waals surface area contributed by atoms with Gasteiger partial charge in [0.15, 0.2) is 5.82 Å². The lowest BCUT2D eigenvalue weighted by atomic mass is 9.95. The van der Waals surface area contributed by atoms with Crippen LogP contribution in [0.1, 0.15) is 66.7 Å². The second-order valence-corrected chi connectivity index (χ2v) is 10.6. The van der Waals surface area contributed by atoms with E-state index in [1.165, 1.54) is 24.8 Å². The molecule has 1 saturated heterocycles. The standard InChI is InChI=1S/C29H35N7O/c1-21-9-8-12-23-19-25(29(37)30-26(21)23)27(28-31-32-33-36(28)24-13-6-3-7-14-24)35-17-15-34(16-18-35)20-22-10-4-2-5-11-22/h2,4-5,8-12,19,24,27H,3,6-7,13-18,20H2,1H3,(H,30,37)/t27-/m0/s1. The molecule has 0 bridgehead atoms. The zero-order valence-corrected chi connectivity index (χ0v) is 21.5. The minimum absolute atomic E-state index is 0.0586. The van der Waals surface area contributed by atoms with E-state index in [2.05, 4.69) is 72.8 Å². The van der Waals surface area contributed by atoms with Crippen molar-refractivity contribution >= 4 is 10.9 Å². The zero-order chi connectivity index (χ0) is 25.2. The zero-order valence-electron chi connectivity index (χ0n) is 21.5. The van der Waals surface area contributed by atoms with Gasteiger partial charge in [-0.1, -0.05) is 67.8 Å². The maximum Gasteiger partial charge on any atom is 0.253 e. The summed E-state index contributed by atoms with van der Waals surface area (Å²) in [6, 6.07) is 18.8. The lowest BCUT2D eigenvalue weighted by Crippen LogP contribution is -2.48. The third-order valence-corrected chi connectivity index (χ3v) is 8.12. The minimum Gasteiger partial charge on any atom is -0.321 e. The molecule has 192 valence electrons. The number of aromatic amines is 1. The molecule has 2 fully saturated rings. The Labute approximate surface area is 217 Å². The van der Waals surface area contributed by atoms with Gasteiger partial charge in [0.2, 0.25) is 0 Å². The predicted octanol–water partition coefficient (Wildman–Crippen LogP) is 4.24. The van der Waals surface area contributed by atoms with Crippen LogP contribution in [-0.4, -0.2) is 61.2 Å². The Hall–Kier alpha value is -3.36. The first-order valence-electron chi connectivity index (χ1n) is 13.6. The first-order chi connectivity index (χ1) is 18.2. The largest absolute Gasteiger partial charge is 0.321 e. The highest BCUT2D eigenvalue weighted by atomic mass is 16.1. The lowest BCUT2D eigenvalue weighted by Gasteiger charge is -2.39. The van der Waals surface area contributed by atoms with Crippen LogP contribution >= 0.6 is 0 Å². The minimum atomic E-state index is -0.288. The van der Waals surface area contributed by atoms with Crippen LogP contribution in [0.2, 0.25) is 0 Å². The molecule has 0 radical (unpaired) electrons. The monoisotopic (exact) mass is 497 g/mol. The summed E-state index contributed by atoms with van der Waals surface area (Å²) in [4.78, 5) is 21.7. The first-order valence-corrected chi connectivity index (χ1v) is 13.6. The number of aryl methyl sites for hydroxylation is 1. The highest BCUT2D eigenvalue weighted by Crippen LogP contribution is 2.33. The molecule has 2 aromatic carbocycles. The topological polar surface area (TPSA) is 82.9 Å². The van der Waals surface area contributed by atoms with Gasteiger partial charge in [-0.2, -0.15) is 0 Å². The third-order valence-electron chi connectivity index (χ3n) is 8.12. The fraction of sp³-hybridized carbons (Fsp3) is 0.448. The van der Waals surface area contributed by atoms with Crippen molar-refractivity contribution in [3.8, 4) is 0 Å². The number of piperazine rings is 1. The van der Waals surface area contributed by atoms with Crippen molar-refractivity contribution in [3.05, 3.63) is 87.5 Å². The van der Waals surface area contributed by atoms with E-state index in [1.807, 2.05) is 23.7 Å². The van der Waals surface area contributed by atoms with Gasteiger partial charge in [0, 0.05) is 38.3 Å². The molecule has 1 N–H and O–H groups in total. The predicted molar refractivity (Wildman–Crippen MR) is 144 cm³/mol. The van der Waals surface area contributed by atoms with Gasteiger partial charge in [-0.05, 0) is 52.8 Å². The summed E-state index contributed by atoms with van der Waals surface area (Å²) in [7, 11) is 0. The third kappa shape index (κ3) is 4.95. The number of pyridine rings is 1. The van der Waals surface area contributed by atoms with E-state index in [4.69, 9.17) is 0 Å². The molecule has 0 spiro atoms.